The Morgan fingerprint density at radius 1 is 1.30 bits per heavy atom. The smallest absolute Gasteiger partial charge is 0.262 e. The maximum atomic E-state index is 11.8. The van der Waals surface area contributed by atoms with Gasteiger partial charge in [0.15, 0.2) is 0 Å². The molecule has 0 fully saturated rings. The lowest BCUT2D eigenvalue weighted by atomic mass is 10.2. The lowest BCUT2D eigenvalue weighted by Gasteiger charge is -2.30. The van der Waals surface area contributed by atoms with Crippen LogP contribution in [0.15, 0.2) is 30.3 Å². The minimum absolute atomic E-state index is 0.101. The standard InChI is InChI=1S/C14H19Cl3N2O/c1-3-7-12(20)18-13(14(15,16)17)19(2)10-11-8-5-4-6-9-11/h4-6,8-9,13H,3,7,10H2,1-2H3,(H,18,20)/p+1/t13-/m1/s1. The second kappa shape index (κ2) is 8.08. The summed E-state index contributed by atoms with van der Waals surface area (Å²) in [6, 6.07) is 9.89. The van der Waals surface area contributed by atoms with Crippen molar-refractivity contribution in [2.45, 2.75) is 36.3 Å². The van der Waals surface area contributed by atoms with E-state index in [2.05, 4.69) is 5.32 Å². The van der Waals surface area contributed by atoms with E-state index < -0.39 is 9.96 Å². The second-order valence-electron chi connectivity index (χ2n) is 4.80. The maximum absolute atomic E-state index is 11.8. The van der Waals surface area contributed by atoms with Gasteiger partial charge in [-0.3, -0.25) is 4.79 Å². The molecule has 0 aliphatic carbocycles. The van der Waals surface area contributed by atoms with E-state index in [1.165, 1.54) is 0 Å². The monoisotopic (exact) mass is 337 g/mol. The largest absolute Gasteiger partial charge is 0.310 e. The van der Waals surface area contributed by atoms with Crippen LogP contribution in [0.25, 0.3) is 0 Å². The van der Waals surface area contributed by atoms with Crippen LogP contribution >= 0.6 is 34.8 Å². The van der Waals surface area contributed by atoms with Crippen molar-refractivity contribution in [3.8, 4) is 0 Å². The van der Waals surface area contributed by atoms with Crippen LogP contribution in [0.4, 0.5) is 0 Å². The molecule has 1 amide bonds. The number of hydrogen-bond donors (Lipinski definition) is 2. The van der Waals surface area contributed by atoms with Gasteiger partial charge in [-0.2, -0.15) is 0 Å². The van der Waals surface area contributed by atoms with Crippen molar-refractivity contribution in [2.75, 3.05) is 7.05 Å². The zero-order valence-corrected chi connectivity index (χ0v) is 13.9. The summed E-state index contributed by atoms with van der Waals surface area (Å²) in [6.07, 6.45) is 0.596. The van der Waals surface area contributed by atoms with Gasteiger partial charge < -0.3 is 10.2 Å². The average molecular weight is 339 g/mol. The fraction of sp³-hybridized carbons (Fsp3) is 0.500. The van der Waals surface area contributed by atoms with Gasteiger partial charge in [-0.15, -0.1) is 0 Å². The molecular formula is C14H20Cl3N2O+. The fourth-order valence-corrected chi connectivity index (χ4v) is 2.69. The van der Waals surface area contributed by atoms with Crippen LogP contribution in [-0.2, 0) is 11.3 Å². The lowest BCUT2D eigenvalue weighted by Crippen LogP contribution is -3.15. The van der Waals surface area contributed by atoms with Crippen molar-refractivity contribution in [1.29, 1.82) is 0 Å². The Bertz CT molecular complexity index is 420. The third-order valence-electron chi connectivity index (χ3n) is 2.93. The number of halogens is 3. The van der Waals surface area contributed by atoms with Crippen LogP contribution in [-0.4, -0.2) is 22.9 Å². The molecule has 1 aromatic carbocycles. The van der Waals surface area contributed by atoms with Crippen LogP contribution in [0.1, 0.15) is 25.3 Å². The number of carbonyl (C=O) groups excluding carboxylic acids is 1. The van der Waals surface area contributed by atoms with Gasteiger partial charge in [0.25, 0.3) is 3.79 Å². The highest BCUT2D eigenvalue weighted by Gasteiger charge is 2.40. The zero-order chi connectivity index (χ0) is 15.2. The number of nitrogens with one attached hydrogen (secondary N) is 2. The molecule has 0 bridgehead atoms. The first-order valence-electron chi connectivity index (χ1n) is 6.57. The van der Waals surface area contributed by atoms with Gasteiger partial charge >= 0.3 is 0 Å². The van der Waals surface area contributed by atoms with Crippen LogP contribution in [0.2, 0.25) is 0 Å². The molecule has 1 unspecified atom stereocenters. The highest BCUT2D eigenvalue weighted by Crippen LogP contribution is 2.27. The Morgan fingerprint density at radius 2 is 1.90 bits per heavy atom. The molecule has 20 heavy (non-hydrogen) atoms. The van der Waals surface area contributed by atoms with E-state index in [-0.39, 0.29) is 5.91 Å². The van der Waals surface area contributed by atoms with Crippen molar-refractivity contribution in [3.63, 3.8) is 0 Å². The highest BCUT2D eigenvalue weighted by molar-refractivity contribution is 6.68. The number of carbonyl (C=O) groups is 1. The summed E-state index contributed by atoms with van der Waals surface area (Å²) in [5, 5.41) is 2.81. The van der Waals surface area contributed by atoms with E-state index in [9.17, 15) is 4.79 Å². The molecule has 0 heterocycles. The molecule has 2 atom stereocenters. The Kier molecular flexibility index (Phi) is 7.10. The van der Waals surface area contributed by atoms with E-state index in [0.29, 0.717) is 13.0 Å². The third-order valence-corrected chi connectivity index (χ3v) is 3.58. The molecule has 0 aromatic heterocycles. The van der Waals surface area contributed by atoms with E-state index >= 15 is 0 Å². The maximum Gasteiger partial charge on any atom is 0.262 e. The Labute approximate surface area is 135 Å². The van der Waals surface area contributed by atoms with Gasteiger partial charge in [-0.25, -0.2) is 0 Å². The van der Waals surface area contributed by atoms with Crippen molar-refractivity contribution in [3.05, 3.63) is 35.9 Å². The predicted octanol–water partition coefficient (Wildman–Crippen LogP) is 2.31. The summed E-state index contributed by atoms with van der Waals surface area (Å²) < 4.78 is -1.55. The molecule has 0 saturated carbocycles. The molecule has 6 heteroatoms. The Morgan fingerprint density at radius 3 is 2.40 bits per heavy atom. The normalized spacial score (nSPS) is 14.7. The quantitative estimate of drug-likeness (QED) is 0.606. The van der Waals surface area contributed by atoms with Crippen molar-refractivity contribution >= 4 is 40.7 Å². The third kappa shape index (κ3) is 5.88. The van der Waals surface area contributed by atoms with Crippen LogP contribution in [0, 0.1) is 0 Å². The van der Waals surface area contributed by atoms with Gasteiger partial charge in [0.2, 0.25) is 12.1 Å². The first-order valence-corrected chi connectivity index (χ1v) is 7.70. The molecule has 0 radical (unpaired) electrons. The van der Waals surface area contributed by atoms with Crippen molar-refractivity contribution in [2.24, 2.45) is 0 Å². The highest BCUT2D eigenvalue weighted by atomic mass is 35.6. The zero-order valence-electron chi connectivity index (χ0n) is 11.6. The van der Waals surface area contributed by atoms with E-state index in [1.54, 1.807) is 0 Å². The van der Waals surface area contributed by atoms with Crippen molar-refractivity contribution < 1.29 is 9.69 Å². The second-order valence-corrected chi connectivity index (χ2v) is 7.17. The van der Waals surface area contributed by atoms with Crippen molar-refractivity contribution in [1.82, 2.24) is 5.32 Å². The average Bonchev–Trinajstić information content (AvgIpc) is 2.36. The number of hydrogen-bond acceptors (Lipinski definition) is 1. The van der Waals surface area contributed by atoms with Crippen LogP contribution in [0.5, 0.6) is 0 Å². The minimum atomic E-state index is -1.55. The molecule has 0 aliphatic heterocycles. The van der Waals surface area contributed by atoms with E-state index in [4.69, 9.17) is 34.8 Å². The summed E-state index contributed by atoms with van der Waals surface area (Å²) >= 11 is 18.0. The molecule has 3 nitrogen and oxygen atoms in total. The van der Waals surface area contributed by atoms with Crippen LogP contribution < -0.4 is 10.2 Å². The van der Waals surface area contributed by atoms with Gasteiger partial charge in [-0.05, 0) is 6.42 Å². The summed E-state index contributed by atoms with van der Waals surface area (Å²) in [4.78, 5) is 12.7. The summed E-state index contributed by atoms with van der Waals surface area (Å²) in [5.74, 6) is -0.101. The molecule has 0 spiro atoms. The molecule has 0 saturated heterocycles. The number of alkyl halides is 3. The SMILES string of the molecule is CCCC(=O)N[C@H]([NH+](C)Cc1ccccc1)C(Cl)(Cl)Cl. The first-order chi connectivity index (χ1) is 9.34. The summed E-state index contributed by atoms with van der Waals surface area (Å²) in [6.45, 7) is 2.59. The lowest BCUT2D eigenvalue weighted by molar-refractivity contribution is -0.921. The van der Waals surface area contributed by atoms with E-state index in [1.807, 2.05) is 44.3 Å². The van der Waals surface area contributed by atoms with Crippen LogP contribution in [0.3, 0.4) is 0 Å². The molecule has 112 valence electrons. The number of benzene rings is 1. The van der Waals surface area contributed by atoms with Gasteiger partial charge in [0.1, 0.15) is 6.54 Å². The van der Waals surface area contributed by atoms with Gasteiger partial charge in [0, 0.05) is 12.0 Å². The summed E-state index contributed by atoms with van der Waals surface area (Å²) in [5.41, 5.74) is 1.12. The predicted molar refractivity (Wildman–Crippen MR) is 84.2 cm³/mol. The molecular weight excluding hydrogens is 319 g/mol. The number of rotatable bonds is 6. The number of quaternary nitrogens is 1. The summed E-state index contributed by atoms with van der Waals surface area (Å²) in [7, 11) is 1.89. The van der Waals surface area contributed by atoms with Gasteiger partial charge in [0.05, 0.1) is 7.05 Å². The fourth-order valence-electron chi connectivity index (χ4n) is 1.96. The first kappa shape index (κ1) is 17.6. The number of amides is 1. The molecule has 1 rings (SSSR count). The molecule has 1 aromatic rings. The molecule has 2 N–H and O–H groups in total. The minimum Gasteiger partial charge on any atom is -0.310 e. The van der Waals surface area contributed by atoms with Gasteiger partial charge in [-0.1, -0.05) is 72.1 Å². The Hall–Kier alpha value is -0.480. The Balaban J connectivity index is 2.75. The molecule has 0 aliphatic rings. The topological polar surface area (TPSA) is 33.5 Å². The van der Waals surface area contributed by atoms with E-state index in [0.717, 1.165) is 16.9 Å².